The van der Waals surface area contributed by atoms with Gasteiger partial charge in [0.1, 0.15) is 0 Å². The molecule has 2 heterocycles. The van der Waals surface area contributed by atoms with Crippen molar-refractivity contribution in [2.75, 3.05) is 26.2 Å². The summed E-state index contributed by atoms with van der Waals surface area (Å²) in [7, 11) is 0. The number of carbonyl (C=O) groups is 2. The second-order valence-electron chi connectivity index (χ2n) is 9.11. The maximum absolute atomic E-state index is 13.4. The van der Waals surface area contributed by atoms with Crippen LogP contribution in [-0.2, 0) is 4.79 Å². The summed E-state index contributed by atoms with van der Waals surface area (Å²) in [6.07, 6.45) is 7.37. The van der Waals surface area contributed by atoms with Crippen LogP contribution in [0.25, 0.3) is 0 Å². The minimum atomic E-state index is -0.118. The van der Waals surface area contributed by atoms with E-state index in [0.29, 0.717) is 43.5 Å². The van der Waals surface area contributed by atoms with Crippen LogP contribution in [0.3, 0.4) is 0 Å². The summed E-state index contributed by atoms with van der Waals surface area (Å²) in [6, 6.07) is 1.68. The number of aromatic nitrogens is 1. The first-order valence-corrected chi connectivity index (χ1v) is 10.0. The molecule has 4 aliphatic carbocycles. The van der Waals surface area contributed by atoms with E-state index in [4.69, 9.17) is 4.52 Å². The van der Waals surface area contributed by atoms with E-state index in [2.05, 4.69) is 5.16 Å². The predicted octanol–water partition coefficient (Wildman–Crippen LogP) is 2.48. The Hall–Kier alpha value is -1.85. The Bertz CT molecular complexity index is 697. The van der Waals surface area contributed by atoms with Crippen molar-refractivity contribution in [3.63, 3.8) is 0 Å². The van der Waals surface area contributed by atoms with Crippen LogP contribution < -0.4 is 0 Å². The first kappa shape index (κ1) is 16.3. The van der Waals surface area contributed by atoms with Crippen LogP contribution >= 0.6 is 0 Å². The van der Waals surface area contributed by atoms with Crippen molar-refractivity contribution in [3.8, 4) is 0 Å². The van der Waals surface area contributed by atoms with Crippen LogP contribution in [0.4, 0.5) is 0 Å². The van der Waals surface area contributed by atoms with Crippen molar-refractivity contribution < 1.29 is 14.1 Å². The molecular weight excluding hydrogens is 330 g/mol. The molecule has 0 N–H and O–H groups in total. The zero-order chi connectivity index (χ0) is 17.9. The van der Waals surface area contributed by atoms with Gasteiger partial charge in [-0.1, -0.05) is 5.16 Å². The van der Waals surface area contributed by atoms with E-state index in [1.54, 1.807) is 11.0 Å². The molecule has 0 spiro atoms. The SMILES string of the molecule is Cc1cc(C(=O)N2CCN(C(=O)C34CC5CC(CC(C5)C3)C4)CC2)on1. The zero-order valence-electron chi connectivity index (χ0n) is 15.4. The number of aryl methyl sites for hydroxylation is 1. The van der Waals surface area contributed by atoms with E-state index in [9.17, 15) is 9.59 Å². The molecule has 0 atom stereocenters. The molecular formula is C20H27N3O3. The van der Waals surface area contributed by atoms with Crippen molar-refractivity contribution >= 4 is 11.8 Å². The van der Waals surface area contributed by atoms with Crippen molar-refractivity contribution in [2.24, 2.45) is 23.2 Å². The molecule has 5 fully saturated rings. The maximum atomic E-state index is 13.4. The van der Waals surface area contributed by atoms with Crippen molar-refractivity contribution in [1.82, 2.24) is 15.0 Å². The van der Waals surface area contributed by atoms with Crippen LogP contribution in [-0.4, -0.2) is 52.9 Å². The average Bonchev–Trinajstić information content (AvgIpc) is 3.06. The molecule has 0 unspecified atom stereocenters. The molecule has 2 amide bonds. The highest BCUT2D eigenvalue weighted by atomic mass is 16.5. The predicted molar refractivity (Wildman–Crippen MR) is 94.3 cm³/mol. The molecule has 140 valence electrons. The zero-order valence-corrected chi connectivity index (χ0v) is 15.4. The number of piperazine rings is 1. The Morgan fingerprint density at radius 1 is 1.00 bits per heavy atom. The summed E-state index contributed by atoms with van der Waals surface area (Å²) in [5.41, 5.74) is 0.632. The number of nitrogens with zero attached hydrogens (tertiary/aromatic N) is 3. The number of amides is 2. The smallest absolute Gasteiger partial charge is 0.292 e. The Kier molecular flexibility index (Phi) is 3.66. The third kappa shape index (κ3) is 2.57. The molecule has 1 saturated heterocycles. The van der Waals surface area contributed by atoms with Crippen molar-refractivity contribution in [2.45, 2.75) is 45.4 Å². The minimum Gasteiger partial charge on any atom is -0.351 e. The van der Waals surface area contributed by atoms with Crippen LogP contribution in [0.15, 0.2) is 10.6 Å². The van der Waals surface area contributed by atoms with E-state index in [1.165, 1.54) is 19.3 Å². The maximum Gasteiger partial charge on any atom is 0.292 e. The molecule has 0 aromatic carbocycles. The van der Waals surface area contributed by atoms with Crippen LogP contribution in [0, 0.1) is 30.1 Å². The van der Waals surface area contributed by atoms with Crippen LogP contribution in [0.2, 0.25) is 0 Å². The third-order valence-corrected chi connectivity index (χ3v) is 7.18. The Balaban J connectivity index is 1.24. The van der Waals surface area contributed by atoms with Gasteiger partial charge in [0.25, 0.3) is 5.91 Å². The molecule has 5 aliphatic rings. The molecule has 6 rings (SSSR count). The molecule has 1 aliphatic heterocycles. The molecule has 4 saturated carbocycles. The summed E-state index contributed by atoms with van der Waals surface area (Å²) < 4.78 is 5.10. The standard InChI is InChI=1S/C20H27N3O3/c1-13-6-17(26-21-13)18(24)22-2-4-23(5-3-22)19(25)20-10-14-7-15(11-20)9-16(8-14)12-20/h6,14-16H,2-5,7-12H2,1H3. The normalized spacial score (nSPS) is 35.8. The molecule has 26 heavy (non-hydrogen) atoms. The fraction of sp³-hybridized carbons (Fsp3) is 0.750. The molecule has 4 bridgehead atoms. The highest BCUT2D eigenvalue weighted by molar-refractivity contribution is 5.91. The van der Waals surface area contributed by atoms with Gasteiger partial charge in [0, 0.05) is 32.2 Å². The van der Waals surface area contributed by atoms with Gasteiger partial charge in [-0.05, 0) is 63.2 Å². The second-order valence-corrected chi connectivity index (χ2v) is 9.11. The number of rotatable bonds is 2. The summed E-state index contributed by atoms with van der Waals surface area (Å²) in [6.45, 7) is 4.24. The fourth-order valence-corrected chi connectivity index (χ4v) is 6.44. The van der Waals surface area contributed by atoms with Gasteiger partial charge >= 0.3 is 0 Å². The molecule has 6 heteroatoms. The lowest BCUT2D eigenvalue weighted by atomic mass is 9.49. The van der Waals surface area contributed by atoms with Gasteiger partial charge < -0.3 is 14.3 Å². The fourth-order valence-electron chi connectivity index (χ4n) is 6.44. The first-order chi connectivity index (χ1) is 12.5. The number of hydrogen-bond acceptors (Lipinski definition) is 4. The average molecular weight is 357 g/mol. The minimum absolute atomic E-state index is 0.0804. The summed E-state index contributed by atoms with van der Waals surface area (Å²) in [5, 5.41) is 3.79. The summed E-state index contributed by atoms with van der Waals surface area (Å²) >= 11 is 0. The molecule has 1 aromatic heterocycles. The van der Waals surface area contributed by atoms with E-state index in [1.807, 2.05) is 11.8 Å². The lowest BCUT2D eigenvalue weighted by Crippen LogP contribution is -2.58. The van der Waals surface area contributed by atoms with Crippen LogP contribution in [0.1, 0.15) is 54.8 Å². The highest BCUT2D eigenvalue weighted by Gasteiger charge is 2.55. The quantitative estimate of drug-likeness (QED) is 0.816. The molecule has 0 radical (unpaired) electrons. The van der Waals surface area contributed by atoms with E-state index >= 15 is 0 Å². The van der Waals surface area contributed by atoms with Gasteiger partial charge in [-0.15, -0.1) is 0 Å². The van der Waals surface area contributed by atoms with E-state index in [-0.39, 0.29) is 11.3 Å². The largest absolute Gasteiger partial charge is 0.351 e. The number of carbonyl (C=O) groups excluding carboxylic acids is 2. The third-order valence-electron chi connectivity index (χ3n) is 7.18. The Labute approximate surface area is 153 Å². The lowest BCUT2D eigenvalue weighted by molar-refractivity contribution is -0.159. The molecule has 1 aromatic rings. The Morgan fingerprint density at radius 2 is 1.54 bits per heavy atom. The van der Waals surface area contributed by atoms with Crippen molar-refractivity contribution in [3.05, 3.63) is 17.5 Å². The van der Waals surface area contributed by atoms with Gasteiger partial charge in [-0.3, -0.25) is 9.59 Å². The van der Waals surface area contributed by atoms with E-state index < -0.39 is 0 Å². The number of hydrogen-bond donors (Lipinski definition) is 0. The summed E-state index contributed by atoms with van der Waals surface area (Å²) in [4.78, 5) is 29.7. The van der Waals surface area contributed by atoms with E-state index in [0.717, 1.165) is 37.0 Å². The lowest BCUT2D eigenvalue weighted by Gasteiger charge is -2.57. The van der Waals surface area contributed by atoms with Gasteiger partial charge in [-0.2, -0.15) is 0 Å². The van der Waals surface area contributed by atoms with Gasteiger partial charge in [0.15, 0.2) is 0 Å². The topological polar surface area (TPSA) is 66.7 Å². The van der Waals surface area contributed by atoms with Crippen LogP contribution in [0.5, 0.6) is 0 Å². The molecule has 6 nitrogen and oxygen atoms in total. The van der Waals surface area contributed by atoms with Gasteiger partial charge in [0.05, 0.1) is 11.1 Å². The monoisotopic (exact) mass is 357 g/mol. The highest BCUT2D eigenvalue weighted by Crippen LogP contribution is 2.60. The summed E-state index contributed by atoms with van der Waals surface area (Å²) in [5.74, 6) is 2.89. The van der Waals surface area contributed by atoms with Gasteiger partial charge in [0.2, 0.25) is 11.7 Å². The van der Waals surface area contributed by atoms with Crippen molar-refractivity contribution in [1.29, 1.82) is 0 Å². The first-order valence-electron chi connectivity index (χ1n) is 10.0. The Morgan fingerprint density at radius 3 is 2.04 bits per heavy atom. The van der Waals surface area contributed by atoms with Gasteiger partial charge in [-0.25, -0.2) is 0 Å². The second kappa shape index (κ2) is 5.83.